The van der Waals surface area contributed by atoms with Gasteiger partial charge < -0.3 is 5.32 Å². The van der Waals surface area contributed by atoms with Crippen molar-refractivity contribution < 1.29 is 4.79 Å². The number of hydrogen-bond acceptors (Lipinski definition) is 3. The predicted octanol–water partition coefficient (Wildman–Crippen LogP) is 2.37. The van der Waals surface area contributed by atoms with Crippen molar-refractivity contribution in [3.8, 4) is 0 Å². The third-order valence-electron chi connectivity index (χ3n) is 2.16. The topological polar surface area (TPSA) is 29.1 Å². The van der Waals surface area contributed by atoms with Gasteiger partial charge in [-0.2, -0.15) is 0 Å². The third kappa shape index (κ3) is 3.19. The zero-order chi connectivity index (χ0) is 9.97. The number of rotatable bonds is 5. The fourth-order valence-corrected chi connectivity index (χ4v) is 2.73. The molecule has 0 atom stereocenters. The summed E-state index contributed by atoms with van der Waals surface area (Å²) < 4.78 is 1.07. The molecule has 2 nitrogen and oxygen atoms in total. The summed E-state index contributed by atoms with van der Waals surface area (Å²) in [5, 5.41) is 5.24. The summed E-state index contributed by atoms with van der Waals surface area (Å²) in [5.74, 6) is 0.284. The van der Waals surface area contributed by atoms with Gasteiger partial charge in [0.25, 0.3) is 0 Å². The summed E-state index contributed by atoms with van der Waals surface area (Å²) in [4.78, 5) is 12.6. The molecule has 14 heavy (non-hydrogen) atoms. The minimum atomic E-state index is 0.284. The van der Waals surface area contributed by atoms with Gasteiger partial charge >= 0.3 is 0 Å². The van der Waals surface area contributed by atoms with E-state index in [2.05, 4.69) is 21.2 Å². The SMILES string of the molecule is O=C(CNC1CC1)Cc1cc(Br)cs1. The average Bonchev–Trinajstić information content (AvgIpc) is 2.88. The van der Waals surface area contributed by atoms with Crippen LogP contribution in [-0.4, -0.2) is 18.4 Å². The zero-order valence-electron chi connectivity index (χ0n) is 7.75. The first kappa shape index (κ1) is 10.3. The van der Waals surface area contributed by atoms with Gasteiger partial charge in [-0.25, -0.2) is 0 Å². The van der Waals surface area contributed by atoms with Crippen LogP contribution in [0, 0.1) is 0 Å². The van der Waals surface area contributed by atoms with Crippen LogP contribution < -0.4 is 5.32 Å². The Hall–Kier alpha value is -0.190. The average molecular weight is 274 g/mol. The molecule has 0 aliphatic heterocycles. The first-order valence-corrected chi connectivity index (χ1v) is 6.39. The minimum Gasteiger partial charge on any atom is -0.307 e. The smallest absolute Gasteiger partial charge is 0.151 e. The molecule has 1 aromatic rings. The molecule has 0 radical (unpaired) electrons. The van der Waals surface area contributed by atoms with E-state index in [4.69, 9.17) is 0 Å². The molecule has 1 aliphatic rings. The number of ketones is 1. The molecule has 4 heteroatoms. The lowest BCUT2D eigenvalue weighted by molar-refractivity contribution is -0.117. The standard InChI is InChI=1S/C10H12BrNOS/c11-7-3-10(14-6-7)4-9(13)5-12-8-1-2-8/h3,6,8,12H,1-2,4-5H2. The Morgan fingerprint density at radius 1 is 1.64 bits per heavy atom. The van der Waals surface area contributed by atoms with Crippen LogP contribution in [-0.2, 0) is 11.2 Å². The lowest BCUT2D eigenvalue weighted by Crippen LogP contribution is -2.25. The van der Waals surface area contributed by atoms with Gasteiger partial charge in [-0.3, -0.25) is 4.79 Å². The predicted molar refractivity (Wildman–Crippen MR) is 61.8 cm³/mol. The van der Waals surface area contributed by atoms with Crippen molar-refractivity contribution in [1.29, 1.82) is 0 Å². The molecule has 2 rings (SSSR count). The lowest BCUT2D eigenvalue weighted by Gasteiger charge is -1.99. The summed E-state index contributed by atoms with van der Waals surface area (Å²) >= 11 is 5.01. The van der Waals surface area contributed by atoms with E-state index in [1.165, 1.54) is 12.8 Å². The number of halogens is 1. The number of carbonyl (C=O) groups excluding carboxylic acids is 1. The van der Waals surface area contributed by atoms with Crippen molar-refractivity contribution in [3.63, 3.8) is 0 Å². The third-order valence-corrected chi connectivity index (χ3v) is 3.86. The molecular weight excluding hydrogens is 262 g/mol. The highest BCUT2D eigenvalue weighted by atomic mass is 79.9. The van der Waals surface area contributed by atoms with Crippen molar-refractivity contribution in [2.45, 2.75) is 25.3 Å². The number of carbonyl (C=O) groups is 1. The fraction of sp³-hybridized carbons (Fsp3) is 0.500. The molecule has 0 unspecified atom stereocenters. The van der Waals surface area contributed by atoms with Crippen LogP contribution in [0.3, 0.4) is 0 Å². The van der Waals surface area contributed by atoms with Gasteiger partial charge in [-0.15, -0.1) is 11.3 Å². The zero-order valence-corrected chi connectivity index (χ0v) is 10.2. The Kier molecular flexibility index (Phi) is 3.36. The van der Waals surface area contributed by atoms with Crippen LogP contribution in [0.25, 0.3) is 0 Å². The Morgan fingerprint density at radius 2 is 2.43 bits per heavy atom. The summed E-state index contributed by atoms with van der Waals surface area (Å²) in [5.41, 5.74) is 0. The van der Waals surface area contributed by atoms with Crippen LogP contribution in [0.2, 0.25) is 0 Å². The van der Waals surface area contributed by atoms with Crippen LogP contribution in [0.5, 0.6) is 0 Å². The molecule has 1 aromatic heterocycles. The monoisotopic (exact) mass is 273 g/mol. The first-order valence-electron chi connectivity index (χ1n) is 4.72. The summed E-state index contributed by atoms with van der Waals surface area (Å²) in [7, 11) is 0. The van der Waals surface area contributed by atoms with Gasteiger partial charge in [0.1, 0.15) is 0 Å². The Morgan fingerprint density at radius 3 is 3.00 bits per heavy atom. The second kappa shape index (κ2) is 4.55. The number of nitrogens with one attached hydrogen (secondary N) is 1. The van der Waals surface area contributed by atoms with Gasteiger partial charge in [0.2, 0.25) is 0 Å². The van der Waals surface area contributed by atoms with E-state index in [-0.39, 0.29) is 5.78 Å². The van der Waals surface area contributed by atoms with Crippen molar-refractivity contribution in [2.75, 3.05) is 6.54 Å². The van der Waals surface area contributed by atoms with E-state index in [0.717, 1.165) is 9.35 Å². The Labute approximate surface area is 95.8 Å². The van der Waals surface area contributed by atoms with Crippen LogP contribution in [0.1, 0.15) is 17.7 Å². The molecular formula is C10H12BrNOS. The largest absolute Gasteiger partial charge is 0.307 e. The number of thiophene rings is 1. The molecule has 0 bridgehead atoms. The normalized spacial score (nSPS) is 15.8. The lowest BCUT2D eigenvalue weighted by atomic mass is 10.2. The first-order chi connectivity index (χ1) is 6.74. The highest BCUT2D eigenvalue weighted by molar-refractivity contribution is 9.10. The van der Waals surface area contributed by atoms with Crippen molar-refractivity contribution in [3.05, 3.63) is 20.8 Å². The Balaban J connectivity index is 1.75. The summed E-state index contributed by atoms with van der Waals surface area (Å²) in [6, 6.07) is 2.63. The van der Waals surface area contributed by atoms with Crippen LogP contribution in [0.4, 0.5) is 0 Å². The fourth-order valence-electron chi connectivity index (χ4n) is 1.25. The molecule has 0 spiro atoms. The minimum absolute atomic E-state index is 0.284. The molecule has 76 valence electrons. The van der Waals surface area contributed by atoms with E-state index in [1.54, 1.807) is 11.3 Å². The van der Waals surface area contributed by atoms with E-state index in [0.29, 0.717) is 19.0 Å². The maximum atomic E-state index is 11.5. The van der Waals surface area contributed by atoms with Gasteiger partial charge in [-0.05, 0) is 34.8 Å². The van der Waals surface area contributed by atoms with Gasteiger partial charge in [0, 0.05) is 27.2 Å². The molecule has 1 aliphatic carbocycles. The van der Waals surface area contributed by atoms with Crippen molar-refractivity contribution in [1.82, 2.24) is 5.32 Å². The molecule has 1 fully saturated rings. The number of hydrogen-bond donors (Lipinski definition) is 1. The number of Topliss-reactive ketones (excluding diaryl/α,β-unsaturated/α-hetero) is 1. The highest BCUT2D eigenvalue weighted by Gasteiger charge is 2.21. The van der Waals surface area contributed by atoms with Crippen LogP contribution >= 0.6 is 27.3 Å². The molecule has 0 aromatic carbocycles. The van der Waals surface area contributed by atoms with Gasteiger partial charge in [0.15, 0.2) is 5.78 Å². The van der Waals surface area contributed by atoms with Gasteiger partial charge in [0.05, 0.1) is 6.54 Å². The summed E-state index contributed by atoms with van der Waals surface area (Å²) in [6.45, 7) is 0.528. The molecule has 1 heterocycles. The van der Waals surface area contributed by atoms with E-state index in [9.17, 15) is 4.79 Å². The molecule has 1 saturated carbocycles. The highest BCUT2D eigenvalue weighted by Crippen LogP contribution is 2.21. The second-order valence-electron chi connectivity index (χ2n) is 3.60. The summed E-state index contributed by atoms with van der Waals surface area (Å²) in [6.07, 6.45) is 3.03. The quantitative estimate of drug-likeness (QED) is 0.893. The van der Waals surface area contributed by atoms with Gasteiger partial charge in [-0.1, -0.05) is 0 Å². The van der Waals surface area contributed by atoms with Crippen LogP contribution in [0.15, 0.2) is 15.9 Å². The van der Waals surface area contributed by atoms with E-state index < -0.39 is 0 Å². The maximum Gasteiger partial charge on any atom is 0.151 e. The van der Waals surface area contributed by atoms with Crippen molar-refractivity contribution >= 4 is 33.0 Å². The van der Waals surface area contributed by atoms with E-state index in [1.807, 2.05) is 11.4 Å². The Bertz CT molecular complexity index is 333. The van der Waals surface area contributed by atoms with E-state index >= 15 is 0 Å². The molecule has 0 saturated heterocycles. The molecule has 1 N–H and O–H groups in total. The van der Waals surface area contributed by atoms with Crippen molar-refractivity contribution in [2.24, 2.45) is 0 Å². The molecule has 0 amide bonds. The maximum absolute atomic E-state index is 11.5. The second-order valence-corrected chi connectivity index (χ2v) is 5.51.